The summed E-state index contributed by atoms with van der Waals surface area (Å²) in [5.74, 6) is -0.984. The molecule has 0 atom stereocenters. The van der Waals surface area contributed by atoms with Gasteiger partial charge in [-0.1, -0.05) is 0 Å². The van der Waals surface area contributed by atoms with Crippen LogP contribution in [0.1, 0.15) is 5.82 Å². The number of hydrogen-bond donors (Lipinski definition) is 1. The number of aryl methyl sites for hydroxylation is 1. The molecule has 2 rings (SSSR count). The summed E-state index contributed by atoms with van der Waals surface area (Å²) in [6.45, 7) is -0.179. The molecule has 1 aromatic heterocycles. The first-order valence-electron chi connectivity index (χ1n) is 5.58. The number of hydrogen-bond acceptors (Lipinski definition) is 6. The Kier molecular flexibility index (Phi) is 3.95. The van der Waals surface area contributed by atoms with E-state index in [1.165, 1.54) is 11.0 Å². The number of nitro groups is 1. The summed E-state index contributed by atoms with van der Waals surface area (Å²) in [4.78, 5) is 13.0. The van der Waals surface area contributed by atoms with Crippen molar-refractivity contribution in [2.75, 3.05) is 0 Å². The molecule has 0 aliphatic carbocycles. The predicted molar refractivity (Wildman–Crippen MR) is 68.1 cm³/mol. The summed E-state index contributed by atoms with van der Waals surface area (Å²) in [5.41, 5.74) is -0.791. The molecule has 112 valence electrons. The minimum atomic E-state index is -4.02. The van der Waals surface area contributed by atoms with Gasteiger partial charge in [0.25, 0.3) is 0 Å². The number of halogens is 1. The van der Waals surface area contributed by atoms with Crippen molar-refractivity contribution in [2.24, 2.45) is 7.05 Å². The second-order valence-electron chi connectivity index (χ2n) is 4.03. The highest BCUT2D eigenvalue weighted by Gasteiger charge is 2.20. The zero-order valence-electron chi connectivity index (χ0n) is 10.7. The third-order valence-electron chi connectivity index (χ3n) is 2.49. The van der Waals surface area contributed by atoms with E-state index in [0.717, 1.165) is 12.1 Å². The van der Waals surface area contributed by atoms with E-state index in [1.54, 1.807) is 7.05 Å². The van der Waals surface area contributed by atoms with E-state index in [9.17, 15) is 22.9 Å². The number of nitrogens with one attached hydrogen (secondary N) is 1. The first kappa shape index (κ1) is 15.0. The van der Waals surface area contributed by atoms with Gasteiger partial charge in [0.2, 0.25) is 15.8 Å². The molecule has 0 spiro atoms. The number of aromatic nitrogens is 3. The lowest BCUT2D eigenvalue weighted by atomic mass is 10.3. The van der Waals surface area contributed by atoms with Crippen LogP contribution in [0.25, 0.3) is 0 Å². The topological polar surface area (TPSA) is 120 Å². The van der Waals surface area contributed by atoms with Crippen LogP contribution in [0.15, 0.2) is 29.4 Å². The fourth-order valence-corrected chi connectivity index (χ4v) is 2.50. The number of benzene rings is 1. The second kappa shape index (κ2) is 5.54. The van der Waals surface area contributed by atoms with Crippen LogP contribution in [0, 0.1) is 15.9 Å². The summed E-state index contributed by atoms with van der Waals surface area (Å²) in [6, 6.07) is 2.34. The molecule has 0 amide bonds. The molecule has 0 unspecified atom stereocenters. The molecule has 0 radical (unpaired) electrons. The van der Waals surface area contributed by atoms with Gasteiger partial charge in [-0.25, -0.2) is 18.1 Å². The number of nitro benzene ring substituents is 1. The molecular formula is C10H10FN5O4S. The average molecular weight is 315 g/mol. The standard InChI is InChI=1S/C10H10FN5O4S/c1-15-6-12-10(14-15)5-13-21(19,20)7-2-3-9(16(17)18)8(11)4-7/h2-4,6,13H,5H2,1H3. The van der Waals surface area contributed by atoms with Gasteiger partial charge in [-0.05, 0) is 6.07 Å². The number of nitrogens with zero attached hydrogens (tertiary/aromatic N) is 4. The maximum atomic E-state index is 13.4. The molecule has 0 aliphatic rings. The number of sulfonamides is 1. The first-order chi connectivity index (χ1) is 9.79. The predicted octanol–water partition coefficient (Wildman–Crippen LogP) is 0.341. The lowest BCUT2D eigenvalue weighted by molar-refractivity contribution is -0.387. The Morgan fingerprint density at radius 2 is 2.19 bits per heavy atom. The van der Waals surface area contributed by atoms with Crippen molar-refractivity contribution in [2.45, 2.75) is 11.4 Å². The van der Waals surface area contributed by atoms with Crippen molar-refractivity contribution >= 4 is 15.7 Å². The van der Waals surface area contributed by atoms with E-state index >= 15 is 0 Å². The minimum Gasteiger partial charge on any atom is -0.258 e. The van der Waals surface area contributed by atoms with Crippen LogP contribution >= 0.6 is 0 Å². The zero-order chi connectivity index (χ0) is 15.6. The maximum absolute atomic E-state index is 13.4. The molecular weight excluding hydrogens is 305 g/mol. The summed E-state index contributed by atoms with van der Waals surface area (Å²) < 4.78 is 40.9. The van der Waals surface area contributed by atoms with E-state index < -0.39 is 31.3 Å². The van der Waals surface area contributed by atoms with Crippen LogP contribution in [0.5, 0.6) is 0 Å². The fourth-order valence-electron chi connectivity index (χ4n) is 1.51. The summed E-state index contributed by atoms with van der Waals surface area (Å²) in [6.07, 6.45) is 1.40. The molecule has 11 heteroatoms. The van der Waals surface area contributed by atoms with Crippen LogP contribution in [-0.4, -0.2) is 28.1 Å². The Morgan fingerprint density at radius 3 is 2.71 bits per heavy atom. The van der Waals surface area contributed by atoms with Crippen LogP contribution in [0.4, 0.5) is 10.1 Å². The molecule has 1 heterocycles. The summed E-state index contributed by atoms with van der Waals surface area (Å²) >= 11 is 0. The lowest BCUT2D eigenvalue weighted by Crippen LogP contribution is -2.24. The van der Waals surface area contributed by atoms with Crippen molar-refractivity contribution < 1.29 is 17.7 Å². The highest BCUT2D eigenvalue weighted by molar-refractivity contribution is 7.89. The highest BCUT2D eigenvalue weighted by atomic mass is 32.2. The quantitative estimate of drug-likeness (QED) is 0.627. The van der Waals surface area contributed by atoms with Gasteiger partial charge in [0, 0.05) is 19.2 Å². The van der Waals surface area contributed by atoms with Crippen LogP contribution in [0.3, 0.4) is 0 Å². The van der Waals surface area contributed by atoms with Gasteiger partial charge in [0.15, 0.2) is 5.82 Å². The van der Waals surface area contributed by atoms with Crippen LogP contribution in [0.2, 0.25) is 0 Å². The molecule has 9 nitrogen and oxygen atoms in total. The van der Waals surface area contributed by atoms with E-state index in [0.29, 0.717) is 6.07 Å². The Bertz CT molecular complexity index is 788. The van der Waals surface area contributed by atoms with Gasteiger partial charge in [-0.15, -0.1) is 0 Å². The van der Waals surface area contributed by atoms with E-state index in [2.05, 4.69) is 14.8 Å². The molecule has 0 fully saturated rings. The second-order valence-corrected chi connectivity index (χ2v) is 5.80. The maximum Gasteiger partial charge on any atom is 0.304 e. The molecule has 0 bridgehead atoms. The molecule has 0 saturated carbocycles. The molecule has 1 aromatic carbocycles. The Balaban J connectivity index is 2.19. The third-order valence-corrected chi connectivity index (χ3v) is 3.89. The van der Waals surface area contributed by atoms with Crippen LogP contribution < -0.4 is 4.72 Å². The summed E-state index contributed by atoms with van der Waals surface area (Å²) in [5, 5.41) is 14.4. The third kappa shape index (κ3) is 3.38. The van der Waals surface area contributed by atoms with E-state index in [-0.39, 0.29) is 12.4 Å². The van der Waals surface area contributed by atoms with E-state index in [4.69, 9.17) is 0 Å². The smallest absolute Gasteiger partial charge is 0.258 e. The SMILES string of the molecule is Cn1cnc(CNS(=O)(=O)c2ccc([N+](=O)[O-])c(F)c2)n1. The average Bonchev–Trinajstić information content (AvgIpc) is 2.82. The van der Waals surface area contributed by atoms with Gasteiger partial charge in [-0.2, -0.15) is 9.49 Å². The van der Waals surface area contributed by atoms with Crippen molar-refractivity contribution in [1.29, 1.82) is 0 Å². The van der Waals surface area contributed by atoms with Crippen molar-refractivity contribution in [3.63, 3.8) is 0 Å². The van der Waals surface area contributed by atoms with Gasteiger partial charge >= 0.3 is 5.69 Å². The zero-order valence-corrected chi connectivity index (χ0v) is 11.5. The molecule has 0 aliphatic heterocycles. The monoisotopic (exact) mass is 315 g/mol. The first-order valence-corrected chi connectivity index (χ1v) is 7.06. The Labute approximate surface area is 118 Å². The Morgan fingerprint density at radius 1 is 1.48 bits per heavy atom. The van der Waals surface area contributed by atoms with Gasteiger partial charge in [-0.3, -0.25) is 14.8 Å². The lowest BCUT2D eigenvalue weighted by Gasteiger charge is -2.05. The summed E-state index contributed by atoms with van der Waals surface area (Å²) in [7, 11) is -2.39. The highest BCUT2D eigenvalue weighted by Crippen LogP contribution is 2.20. The van der Waals surface area contributed by atoms with Crippen LogP contribution in [-0.2, 0) is 23.6 Å². The van der Waals surface area contributed by atoms with Crippen molar-refractivity contribution in [3.05, 3.63) is 46.3 Å². The normalized spacial score (nSPS) is 11.5. The van der Waals surface area contributed by atoms with E-state index in [1.807, 2.05) is 0 Å². The van der Waals surface area contributed by atoms with Crippen molar-refractivity contribution in [1.82, 2.24) is 19.5 Å². The molecule has 1 N–H and O–H groups in total. The van der Waals surface area contributed by atoms with Gasteiger partial charge < -0.3 is 0 Å². The van der Waals surface area contributed by atoms with Gasteiger partial charge in [0.1, 0.15) is 6.33 Å². The Hall–Kier alpha value is -2.40. The molecule has 2 aromatic rings. The number of rotatable bonds is 5. The largest absolute Gasteiger partial charge is 0.304 e. The minimum absolute atomic E-state index is 0.179. The van der Waals surface area contributed by atoms with Crippen molar-refractivity contribution in [3.8, 4) is 0 Å². The van der Waals surface area contributed by atoms with Gasteiger partial charge in [0.05, 0.1) is 16.4 Å². The molecule has 0 saturated heterocycles. The fraction of sp³-hybridized carbons (Fsp3) is 0.200. The molecule has 21 heavy (non-hydrogen) atoms.